The maximum absolute atomic E-state index is 5.84. The van der Waals surface area contributed by atoms with Gasteiger partial charge in [-0.05, 0) is 57.3 Å². The van der Waals surface area contributed by atoms with Crippen molar-refractivity contribution in [2.24, 2.45) is 0 Å². The molecule has 2 aromatic carbocycles. The van der Waals surface area contributed by atoms with Crippen molar-refractivity contribution >= 4 is 23.0 Å². The second-order valence-electron chi connectivity index (χ2n) is 6.94. The van der Waals surface area contributed by atoms with Gasteiger partial charge in [-0.3, -0.25) is 0 Å². The minimum absolute atomic E-state index is 0.694. The Morgan fingerprint density at radius 2 is 1.57 bits per heavy atom. The second-order valence-corrected chi connectivity index (χ2v) is 6.94. The molecule has 0 saturated carbocycles. The third kappa shape index (κ3) is 6.25. The van der Waals surface area contributed by atoms with Gasteiger partial charge in [0.2, 0.25) is 0 Å². The van der Waals surface area contributed by atoms with Crippen LogP contribution in [-0.4, -0.2) is 42.1 Å². The normalized spacial score (nSPS) is 10.7. The van der Waals surface area contributed by atoms with Crippen molar-refractivity contribution in [3.63, 3.8) is 0 Å². The maximum Gasteiger partial charge on any atom is 0.135 e. The molecule has 0 radical (unpaired) electrons. The van der Waals surface area contributed by atoms with Crippen molar-refractivity contribution in [1.82, 2.24) is 14.9 Å². The van der Waals surface area contributed by atoms with Crippen molar-refractivity contribution in [1.29, 1.82) is 0 Å². The van der Waals surface area contributed by atoms with E-state index in [0.29, 0.717) is 6.61 Å². The van der Waals surface area contributed by atoms with Crippen molar-refractivity contribution in [2.75, 3.05) is 37.9 Å². The van der Waals surface area contributed by atoms with E-state index in [9.17, 15) is 0 Å². The minimum atomic E-state index is 0.694. The fourth-order valence-electron chi connectivity index (χ4n) is 2.75. The number of benzene rings is 2. The lowest BCUT2D eigenvalue weighted by Crippen LogP contribution is -2.15. The molecular weight excluding hydrogens is 350 g/mol. The molecule has 3 aromatic rings. The number of ether oxygens (including phenoxy) is 1. The monoisotopic (exact) mass is 377 g/mol. The summed E-state index contributed by atoms with van der Waals surface area (Å²) in [6.45, 7) is 3.77. The zero-order chi connectivity index (χ0) is 19.8. The van der Waals surface area contributed by atoms with Gasteiger partial charge in [-0.2, -0.15) is 0 Å². The first-order valence-corrected chi connectivity index (χ1v) is 9.39. The van der Waals surface area contributed by atoms with Crippen molar-refractivity contribution < 1.29 is 4.74 Å². The Bertz CT molecular complexity index is 897. The highest BCUT2D eigenvalue weighted by Crippen LogP contribution is 2.22. The molecule has 0 amide bonds. The first kappa shape index (κ1) is 19.6. The Labute approximate surface area is 166 Å². The number of hydrogen-bond donors (Lipinski definition) is 2. The number of rotatable bonds is 9. The van der Waals surface area contributed by atoms with E-state index in [1.807, 2.05) is 42.5 Å². The summed E-state index contributed by atoms with van der Waals surface area (Å²) < 4.78 is 5.84. The van der Waals surface area contributed by atoms with Gasteiger partial charge in [-0.25, -0.2) is 9.97 Å². The highest BCUT2D eigenvalue weighted by molar-refractivity contribution is 5.63. The lowest BCUT2D eigenvalue weighted by molar-refractivity contribution is 0.281. The summed E-state index contributed by atoms with van der Waals surface area (Å²) in [5, 5.41) is 6.62. The molecule has 0 aliphatic carbocycles. The molecule has 0 aliphatic heterocycles. The van der Waals surface area contributed by atoms with E-state index >= 15 is 0 Å². The van der Waals surface area contributed by atoms with Crippen LogP contribution in [0.15, 0.2) is 60.9 Å². The van der Waals surface area contributed by atoms with Gasteiger partial charge in [0.05, 0.1) is 6.61 Å². The van der Waals surface area contributed by atoms with Crippen LogP contribution in [0.1, 0.15) is 12.0 Å². The molecule has 1 aromatic heterocycles. The molecule has 0 spiro atoms. The fourth-order valence-corrected chi connectivity index (χ4v) is 2.75. The Hall–Kier alpha value is -3.12. The third-order valence-corrected chi connectivity index (χ3v) is 4.08. The average molecular weight is 377 g/mol. The van der Waals surface area contributed by atoms with E-state index in [4.69, 9.17) is 4.74 Å². The predicted molar refractivity (Wildman–Crippen MR) is 115 cm³/mol. The van der Waals surface area contributed by atoms with Crippen LogP contribution < -0.4 is 15.4 Å². The molecule has 0 bridgehead atoms. The Kier molecular flexibility index (Phi) is 6.81. The first-order chi connectivity index (χ1) is 13.6. The summed E-state index contributed by atoms with van der Waals surface area (Å²) in [7, 11) is 4.13. The molecule has 0 fully saturated rings. The number of aromatic nitrogens is 2. The summed E-state index contributed by atoms with van der Waals surface area (Å²) in [6, 6.07) is 17.9. The lowest BCUT2D eigenvalue weighted by Gasteiger charge is -2.12. The molecule has 0 saturated heterocycles. The second kappa shape index (κ2) is 9.71. The van der Waals surface area contributed by atoms with Gasteiger partial charge in [-0.1, -0.05) is 18.2 Å². The molecule has 0 aliphatic rings. The van der Waals surface area contributed by atoms with Crippen LogP contribution in [0.5, 0.6) is 5.75 Å². The van der Waals surface area contributed by atoms with Crippen LogP contribution >= 0.6 is 0 Å². The molecule has 2 N–H and O–H groups in total. The Morgan fingerprint density at radius 1 is 0.893 bits per heavy atom. The average Bonchev–Trinajstić information content (AvgIpc) is 2.66. The maximum atomic E-state index is 5.84. The zero-order valence-electron chi connectivity index (χ0n) is 16.6. The van der Waals surface area contributed by atoms with Crippen LogP contribution in [0.2, 0.25) is 0 Å². The topological polar surface area (TPSA) is 62.3 Å². The van der Waals surface area contributed by atoms with E-state index in [1.54, 1.807) is 6.33 Å². The quantitative estimate of drug-likeness (QED) is 0.531. The highest BCUT2D eigenvalue weighted by atomic mass is 16.5. The molecule has 28 heavy (non-hydrogen) atoms. The number of anilines is 4. The Morgan fingerprint density at radius 3 is 2.25 bits per heavy atom. The number of nitrogens with zero attached hydrogens (tertiary/aromatic N) is 3. The molecule has 3 rings (SSSR count). The standard InChI is InChI=1S/C22H27N5O/c1-17-7-4-8-18(13-17)25-21-15-22(24-16-23-21)26-19-9-5-10-20(14-19)28-12-6-11-27(2)3/h4-5,7-10,13-16H,6,11-12H2,1-3H3,(H2,23,24,25,26). The van der Waals surface area contributed by atoms with E-state index in [0.717, 1.165) is 41.7 Å². The smallest absolute Gasteiger partial charge is 0.135 e. The van der Waals surface area contributed by atoms with Gasteiger partial charge in [0.15, 0.2) is 0 Å². The molecular formula is C22H27N5O. The predicted octanol–water partition coefficient (Wildman–Crippen LogP) is 4.60. The zero-order valence-corrected chi connectivity index (χ0v) is 16.6. The summed E-state index contributed by atoms with van der Waals surface area (Å²) in [4.78, 5) is 10.8. The van der Waals surface area contributed by atoms with Gasteiger partial charge in [0.1, 0.15) is 23.7 Å². The number of aryl methyl sites for hydroxylation is 1. The number of hydrogen-bond acceptors (Lipinski definition) is 6. The minimum Gasteiger partial charge on any atom is -0.493 e. The van der Waals surface area contributed by atoms with Gasteiger partial charge in [0, 0.05) is 30.1 Å². The molecule has 146 valence electrons. The first-order valence-electron chi connectivity index (χ1n) is 9.39. The van der Waals surface area contributed by atoms with E-state index in [2.05, 4.69) is 58.7 Å². The van der Waals surface area contributed by atoms with Crippen molar-refractivity contribution in [3.8, 4) is 5.75 Å². The molecule has 6 heteroatoms. The molecule has 0 unspecified atom stereocenters. The van der Waals surface area contributed by atoms with Gasteiger partial charge >= 0.3 is 0 Å². The molecule has 0 atom stereocenters. The summed E-state index contributed by atoms with van der Waals surface area (Å²) in [5.41, 5.74) is 3.11. The number of nitrogens with one attached hydrogen (secondary N) is 2. The summed E-state index contributed by atoms with van der Waals surface area (Å²) >= 11 is 0. The largest absolute Gasteiger partial charge is 0.493 e. The van der Waals surface area contributed by atoms with E-state index < -0.39 is 0 Å². The van der Waals surface area contributed by atoms with Crippen LogP contribution in [0.25, 0.3) is 0 Å². The van der Waals surface area contributed by atoms with Gasteiger partial charge < -0.3 is 20.3 Å². The SMILES string of the molecule is Cc1cccc(Nc2cc(Nc3cccc(OCCCN(C)C)c3)ncn2)c1. The summed E-state index contributed by atoms with van der Waals surface area (Å²) in [6.07, 6.45) is 2.53. The van der Waals surface area contributed by atoms with Gasteiger partial charge in [-0.15, -0.1) is 0 Å². The Balaban J connectivity index is 1.61. The van der Waals surface area contributed by atoms with Crippen LogP contribution in [0.4, 0.5) is 23.0 Å². The van der Waals surface area contributed by atoms with Crippen LogP contribution in [-0.2, 0) is 0 Å². The van der Waals surface area contributed by atoms with E-state index in [1.165, 1.54) is 5.56 Å². The van der Waals surface area contributed by atoms with Crippen molar-refractivity contribution in [3.05, 3.63) is 66.5 Å². The lowest BCUT2D eigenvalue weighted by atomic mass is 10.2. The van der Waals surface area contributed by atoms with Gasteiger partial charge in [0.25, 0.3) is 0 Å². The molecule has 1 heterocycles. The molecule has 6 nitrogen and oxygen atoms in total. The third-order valence-electron chi connectivity index (χ3n) is 4.08. The van der Waals surface area contributed by atoms with Crippen LogP contribution in [0.3, 0.4) is 0 Å². The summed E-state index contributed by atoms with van der Waals surface area (Å²) in [5.74, 6) is 2.30. The fraction of sp³-hybridized carbons (Fsp3) is 0.273. The van der Waals surface area contributed by atoms with E-state index in [-0.39, 0.29) is 0 Å². The van der Waals surface area contributed by atoms with Crippen molar-refractivity contribution in [2.45, 2.75) is 13.3 Å². The van der Waals surface area contributed by atoms with Crippen LogP contribution in [0, 0.1) is 6.92 Å². The highest BCUT2D eigenvalue weighted by Gasteiger charge is 2.03.